The summed E-state index contributed by atoms with van der Waals surface area (Å²) in [5, 5.41) is 0. The van der Waals surface area contributed by atoms with Gasteiger partial charge in [0.15, 0.2) is 6.61 Å². The number of esters is 2. The van der Waals surface area contributed by atoms with Crippen molar-refractivity contribution >= 4 is 17.5 Å². The predicted octanol–water partition coefficient (Wildman–Crippen LogP) is 3.58. The van der Waals surface area contributed by atoms with E-state index in [9.17, 15) is 9.59 Å². The second-order valence-electron chi connectivity index (χ2n) is 5.43. The number of methoxy groups -OCH3 is 2. The number of carbonyl (C=O) groups excluding carboxylic acids is 2. The van der Waals surface area contributed by atoms with Gasteiger partial charge in [-0.3, -0.25) is 0 Å². The van der Waals surface area contributed by atoms with Gasteiger partial charge in [0, 0.05) is 11.6 Å². The van der Waals surface area contributed by atoms with Gasteiger partial charge in [0.1, 0.15) is 22.8 Å². The summed E-state index contributed by atoms with van der Waals surface area (Å²) in [7, 11) is 2.73. The molecule has 2 rings (SSSR count). The summed E-state index contributed by atoms with van der Waals surface area (Å²) >= 11 is 0. The summed E-state index contributed by atoms with van der Waals surface area (Å²) in [6, 6.07) is 13.8. The van der Waals surface area contributed by atoms with E-state index in [1.807, 2.05) is 0 Å². The van der Waals surface area contributed by atoms with E-state index in [0.29, 0.717) is 29.4 Å². The van der Waals surface area contributed by atoms with Crippen LogP contribution in [0, 0.1) is 0 Å². The van der Waals surface area contributed by atoms with Crippen molar-refractivity contribution in [3.63, 3.8) is 0 Å². The molecule has 2 aromatic carbocycles. The van der Waals surface area contributed by atoms with E-state index >= 15 is 0 Å². The molecule has 148 valence electrons. The van der Waals surface area contributed by atoms with Gasteiger partial charge in [0.2, 0.25) is 0 Å². The molecule has 0 aliphatic rings. The van der Waals surface area contributed by atoms with Crippen LogP contribution >= 0.6 is 0 Å². The van der Waals surface area contributed by atoms with Gasteiger partial charge in [-0.05, 0) is 25.1 Å². The average Bonchev–Trinajstić information content (AvgIpc) is 2.71. The van der Waals surface area contributed by atoms with Gasteiger partial charge in [0.25, 0.3) is 0 Å². The van der Waals surface area contributed by atoms with Gasteiger partial charge in [-0.25, -0.2) is 9.59 Å². The van der Waals surface area contributed by atoms with Gasteiger partial charge < -0.3 is 23.7 Å². The van der Waals surface area contributed by atoms with Crippen molar-refractivity contribution in [2.24, 2.45) is 0 Å². The van der Waals surface area contributed by atoms with Crippen LogP contribution in [0.2, 0.25) is 0 Å². The molecule has 7 heteroatoms. The molecule has 0 unspecified atom stereocenters. The lowest BCUT2D eigenvalue weighted by Gasteiger charge is -2.13. The van der Waals surface area contributed by atoms with E-state index in [-0.39, 0.29) is 12.2 Å². The molecular formula is C21H22O7. The van der Waals surface area contributed by atoms with E-state index in [1.165, 1.54) is 20.5 Å². The van der Waals surface area contributed by atoms with Crippen LogP contribution in [0.5, 0.6) is 17.2 Å². The van der Waals surface area contributed by atoms with E-state index in [0.717, 1.165) is 0 Å². The Morgan fingerprint density at radius 2 is 1.75 bits per heavy atom. The normalized spacial score (nSPS) is 10.8. The highest BCUT2D eigenvalue weighted by Crippen LogP contribution is 2.32. The molecule has 0 aromatic heterocycles. The van der Waals surface area contributed by atoms with Crippen molar-refractivity contribution < 1.29 is 33.3 Å². The summed E-state index contributed by atoms with van der Waals surface area (Å²) in [4.78, 5) is 23.5. The van der Waals surface area contributed by atoms with Crippen molar-refractivity contribution in [2.75, 3.05) is 27.4 Å². The maximum Gasteiger partial charge on any atom is 0.344 e. The number of para-hydroxylation sites is 1. The van der Waals surface area contributed by atoms with E-state index < -0.39 is 11.9 Å². The van der Waals surface area contributed by atoms with Gasteiger partial charge in [-0.15, -0.1) is 0 Å². The smallest absolute Gasteiger partial charge is 0.344 e. The van der Waals surface area contributed by atoms with Crippen molar-refractivity contribution in [2.45, 2.75) is 6.92 Å². The minimum atomic E-state index is -0.551. The van der Waals surface area contributed by atoms with Crippen molar-refractivity contribution in [1.29, 1.82) is 0 Å². The van der Waals surface area contributed by atoms with E-state index in [1.54, 1.807) is 55.5 Å². The van der Waals surface area contributed by atoms with Crippen LogP contribution in [-0.4, -0.2) is 39.4 Å². The first-order chi connectivity index (χ1) is 13.6. The Kier molecular flexibility index (Phi) is 7.90. The largest absolute Gasteiger partial charge is 0.503 e. The van der Waals surface area contributed by atoms with Crippen LogP contribution < -0.4 is 9.47 Å². The molecule has 0 atom stereocenters. The Morgan fingerprint density at radius 3 is 2.46 bits per heavy atom. The van der Waals surface area contributed by atoms with E-state index in [4.69, 9.17) is 23.7 Å². The lowest BCUT2D eigenvalue weighted by Crippen LogP contribution is -2.14. The van der Waals surface area contributed by atoms with Crippen molar-refractivity contribution in [3.05, 3.63) is 60.4 Å². The van der Waals surface area contributed by atoms with Crippen LogP contribution in [0.4, 0.5) is 0 Å². The summed E-state index contributed by atoms with van der Waals surface area (Å²) in [5.74, 6) is 0.342. The molecule has 0 N–H and O–H groups in total. The van der Waals surface area contributed by atoms with Gasteiger partial charge in [-0.2, -0.15) is 0 Å². The molecule has 2 aromatic rings. The van der Waals surface area contributed by atoms with Crippen LogP contribution in [0.1, 0.15) is 12.5 Å². The first-order valence-corrected chi connectivity index (χ1v) is 8.56. The average molecular weight is 386 g/mol. The van der Waals surface area contributed by atoms with Gasteiger partial charge in [0.05, 0.1) is 27.1 Å². The molecule has 0 aliphatic carbocycles. The summed E-state index contributed by atoms with van der Waals surface area (Å²) in [6.07, 6.45) is 1.30. The maximum absolute atomic E-state index is 12.1. The number of hydrogen-bond acceptors (Lipinski definition) is 7. The number of benzene rings is 2. The minimum absolute atomic E-state index is 0.197. The molecule has 0 bridgehead atoms. The Bertz CT molecular complexity index is 842. The zero-order valence-electron chi connectivity index (χ0n) is 16.0. The third-order valence-electron chi connectivity index (χ3n) is 3.51. The minimum Gasteiger partial charge on any atom is -0.503 e. The maximum atomic E-state index is 12.1. The molecule has 0 fully saturated rings. The Balaban J connectivity index is 2.22. The zero-order valence-corrected chi connectivity index (χ0v) is 16.0. The third kappa shape index (κ3) is 5.77. The molecule has 0 spiro atoms. The number of rotatable bonds is 9. The fraction of sp³-hybridized carbons (Fsp3) is 0.238. The van der Waals surface area contributed by atoms with Gasteiger partial charge in [-0.1, -0.05) is 24.3 Å². The lowest BCUT2D eigenvalue weighted by atomic mass is 10.1. The molecule has 0 aliphatic heterocycles. The summed E-state index contributed by atoms with van der Waals surface area (Å²) in [5.41, 5.74) is 0.726. The molecular weight excluding hydrogens is 364 g/mol. The van der Waals surface area contributed by atoms with Crippen molar-refractivity contribution in [3.8, 4) is 17.2 Å². The summed E-state index contributed by atoms with van der Waals surface area (Å²) < 4.78 is 26.0. The number of hydrogen-bond donors (Lipinski definition) is 0. The van der Waals surface area contributed by atoms with E-state index in [2.05, 4.69) is 0 Å². The predicted molar refractivity (Wildman–Crippen MR) is 102 cm³/mol. The summed E-state index contributed by atoms with van der Waals surface area (Å²) in [6.45, 7) is 1.82. The molecule has 0 saturated carbocycles. The highest BCUT2D eigenvalue weighted by Gasteiger charge is 2.18. The van der Waals surface area contributed by atoms with Crippen LogP contribution in [-0.2, 0) is 23.8 Å². The zero-order chi connectivity index (χ0) is 20.4. The quantitative estimate of drug-likeness (QED) is 0.370. The SMILES string of the molecule is CCOC(=O)COc1cccc(Oc2ccccc2C(=COC)C(=O)OC)c1. The second kappa shape index (κ2) is 10.6. The number of carbonyl (C=O) groups is 2. The third-order valence-corrected chi connectivity index (χ3v) is 3.51. The first-order valence-electron chi connectivity index (χ1n) is 8.56. The Labute approximate surface area is 163 Å². The van der Waals surface area contributed by atoms with Crippen molar-refractivity contribution in [1.82, 2.24) is 0 Å². The molecule has 0 saturated heterocycles. The first kappa shape index (κ1) is 20.8. The topological polar surface area (TPSA) is 80.3 Å². The van der Waals surface area contributed by atoms with Gasteiger partial charge >= 0.3 is 11.9 Å². The fourth-order valence-electron chi connectivity index (χ4n) is 2.33. The molecule has 0 amide bonds. The molecule has 7 nitrogen and oxygen atoms in total. The monoisotopic (exact) mass is 386 g/mol. The Hall–Kier alpha value is -3.48. The molecule has 0 radical (unpaired) electrons. The van der Waals surface area contributed by atoms with Crippen LogP contribution in [0.15, 0.2) is 54.8 Å². The standard InChI is InChI=1S/C21H22O7/c1-4-26-20(22)14-27-15-8-7-9-16(12-15)28-19-11-6-5-10-17(19)18(13-24-2)21(23)25-3/h5-13H,4,14H2,1-3H3. The van der Waals surface area contributed by atoms with Crippen LogP contribution in [0.25, 0.3) is 5.57 Å². The Morgan fingerprint density at radius 1 is 1.00 bits per heavy atom. The number of ether oxygens (including phenoxy) is 5. The van der Waals surface area contributed by atoms with Crippen LogP contribution in [0.3, 0.4) is 0 Å². The highest BCUT2D eigenvalue weighted by atomic mass is 16.6. The highest BCUT2D eigenvalue weighted by molar-refractivity contribution is 6.17. The lowest BCUT2D eigenvalue weighted by molar-refractivity contribution is -0.145. The molecule has 28 heavy (non-hydrogen) atoms. The fourth-order valence-corrected chi connectivity index (χ4v) is 2.33. The second-order valence-corrected chi connectivity index (χ2v) is 5.43. The molecule has 0 heterocycles.